The zero-order valence-corrected chi connectivity index (χ0v) is 18.6. The van der Waals surface area contributed by atoms with Gasteiger partial charge in [0.15, 0.2) is 5.16 Å². The van der Waals surface area contributed by atoms with Gasteiger partial charge in [-0.3, -0.25) is 9.78 Å². The molecule has 0 aliphatic carbocycles. The first-order valence-electron chi connectivity index (χ1n) is 10.9. The number of amides is 1. The smallest absolute Gasteiger partial charge is 0.217 e. The van der Waals surface area contributed by atoms with Crippen molar-refractivity contribution in [3.63, 3.8) is 0 Å². The van der Waals surface area contributed by atoms with E-state index in [1.165, 1.54) is 5.39 Å². The van der Waals surface area contributed by atoms with Crippen LogP contribution in [-0.4, -0.2) is 38.4 Å². The van der Waals surface area contributed by atoms with E-state index in [-0.39, 0.29) is 18.4 Å². The molecule has 1 fully saturated rings. The molecule has 3 heterocycles. The van der Waals surface area contributed by atoms with Crippen LogP contribution >= 0.6 is 11.8 Å². The first-order valence-corrected chi connectivity index (χ1v) is 11.9. The molecular weight excluding hydrogens is 422 g/mol. The number of ether oxygens (including phenoxy) is 1. The van der Waals surface area contributed by atoms with Gasteiger partial charge in [0, 0.05) is 36.0 Å². The van der Waals surface area contributed by atoms with Crippen LogP contribution in [0.15, 0.2) is 53.7 Å². The number of aryl methyl sites for hydroxylation is 1. The Kier molecular flexibility index (Phi) is 6.05. The summed E-state index contributed by atoms with van der Waals surface area (Å²) in [6.07, 6.45) is 2.97. The second-order valence-corrected chi connectivity index (χ2v) is 8.96. The van der Waals surface area contributed by atoms with E-state index in [2.05, 4.69) is 51.2 Å². The standard InChI is InChI=1S/C24H25N5O2S/c25-22(30)11-12-23-27-28-24(29(23)14-16-6-5-13-31-16)32-15-21-19-9-2-1-7-17(19)18-8-3-4-10-20(18)26-21/h1-4,7-10,16H,5-6,11-15H2,(H2,25,30)/t16-/m1/s1. The van der Waals surface area contributed by atoms with E-state index >= 15 is 0 Å². The molecule has 1 saturated heterocycles. The molecule has 7 nitrogen and oxygen atoms in total. The van der Waals surface area contributed by atoms with Crippen LogP contribution in [-0.2, 0) is 28.2 Å². The Balaban J connectivity index is 1.45. The first kappa shape index (κ1) is 20.9. The van der Waals surface area contributed by atoms with E-state index in [9.17, 15) is 4.79 Å². The molecule has 0 unspecified atom stereocenters. The van der Waals surface area contributed by atoms with Crippen LogP contribution in [0.25, 0.3) is 21.7 Å². The van der Waals surface area contributed by atoms with Gasteiger partial charge < -0.3 is 15.0 Å². The Hall–Kier alpha value is -2.97. The van der Waals surface area contributed by atoms with Gasteiger partial charge in [0.25, 0.3) is 0 Å². The molecule has 2 aromatic heterocycles. The minimum absolute atomic E-state index is 0.150. The maximum atomic E-state index is 11.3. The number of nitrogens with two attached hydrogens (primary N) is 1. The SMILES string of the molecule is NC(=O)CCc1nnc(SCc2nc3ccccc3c3ccccc23)n1C[C@H]1CCCO1. The number of carbonyl (C=O) groups excluding carboxylic acids is 1. The van der Waals surface area contributed by atoms with E-state index in [0.717, 1.165) is 52.4 Å². The summed E-state index contributed by atoms with van der Waals surface area (Å²) in [7, 11) is 0. The number of benzene rings is 2. The van der Waals surface area contributed by atoms with E-state index in [1.54, 1.807) is 11.8 Å². The number of primary amides is 1. The van der Waals surface area contributed by atoms with Crippen LogP contribution in [0, 0.1) is 0 Å². The molecule has 4 aromatic rings. The molecule has 0 bridgehead atoms. The van der Waals surface area contributed by atoms with Crippen molar-refractivity contribution in [1.29, 1.82) is 0 Å². The van der Waals surface area contributed by atoms with Crippen LogP contribution in [0.5, 0.6) is 0 Å². The number of pyridine rings is 1. The lowest BCUT2D eigenvalue weighted by Crippen LogP contribution is -2.19. The van der Waals surface area contributed by atoms with Crippen LogP contribution in [0.2, 0.25) is 0 Å². The third-order valence-corrected chi connectivity index (χ3v) is 6.80. The number of para-hydroxylation sites is 1. The van der Waals surface area contributed by atoms with Crippen molar-refractivity contribution in [3.05, 3.63) is 60.0 Å². The van der Waals surface area contributed by atoms with E-state index < -0.39 is 0 Å². The summed E-state index contributed by atoms with van der Waals surface area (Å²) in [5, 5.41) is 13.1. The molecule has 1 aliphatic rings. The number of hydrogen-bond donors (Lipinski definition) is 1. The van der Waals surface area contributed by atoms with Gasteiger partial charge >= 0.3 is 0 Å². The number of hydrogen-bond acceptors (Lipinski definition) is 6. The van der Waals surface area contributed by atoms with Gasteiger partial charge in [-0.1, -0.05) is 54.2 Å². The molecule has 32 heavy (non-hydrogen) atoms. The summed E-state index contributed by atoms with van der Waals surface area (Å²) < 4.78 is 7.93. The molecule has 0 saturated carbocycles. The van der Waals surface area contributed by atoms with Gasteiger partial charge in [-0.2, -0.15) is 0 Å². The Bertz CT molecular complexity index is 1270. The van der Waals surface area contributed by atoms with Crippen molar-refractivity contribution in [2.45, 2.75) is 49.2 Å². The number of aromatic nitrogens is 4. The Morgan fingerprint density at radius 3 is 2.66 bits per heavy atom. The summed E-state index contributed by atoms with van der Waals surface area (Å²) in [5.74, 6) is 1.11. The monoisotopic (exact) mass is 447 g/mol. The molecule has 0 spiro atoms. The van der Waals surface area contributed by atoms with Crippen molar-refractivity contribution in [2.75, 3.05) is 6.61 Å². The Morgan fingerprint density at radius 1 is 1.09 bits per heavy atom. The fourth-order valence-corrected chi connectivity index (χ4v) is 5.16. The van der Waals surface area contributed by atoms with Gasteiger partial charge in [0.05, 0.1) is 23.9 Å². The fraction of sp³-hybridized carbons (Fsp3) is 0.333. The third kappa shape index (κ3) is 4.33. The zero-order valence-electron chi connectivity index (χ0n) is 17.7. The second-order valence-electron chi connectivity index (χ2n) is 8.02. The number of carbonyl (C=O) groups is 1. The van der Waals surface area contributed by atoms with Crippen LogP contribution < -0.4 is 5.73 Å². The highest BCUT2D eigenvalue weighted by Crippen LogP contribution is 2.31. The predicted molar refractivity (Wildman–Crippen MR) is 125 cm³/mol. The van der Waals surface area contributed by atoms with Crippen molar-refractivity contribution in [3.8, 4) is 0 Å². The van der Waals surface area contributed by atoms with Crippen LogP contribution in [0.3, 0.4) is 0 Å². The van der Waals surface area contributed by atoms with E-state index in [0.29, 0.717) is 18.7 Å². The highest BCUT2D eigenvalue weighted by Gasteiger charge is 2.21. The molecule has 5 rings (SSSR count). The maximum absolute atomic E-state index is 11.3. The van der Waals surface area contributed by atoms with Gasteiger partial charge in [0.2, 0.25) is 5.91 Å². The average Bonchev–Trinajstić information content (AvgIpc) is 3.46. The lowest BCUT2D eigenvalue weighted by Gasteiger charge is -2.15. The number of thioether (sulfide) groups is 1. The third-order valence-electron chi connectivity index (χ3n) is 5.82. The molecule has 164 valence electrons. The second kappa shape index (κ2) is 9.26. The summed E-state index contributed by atoms with van der Waals surface area (Å²) in [4.78, 5) is 16.3. The summed E-state index contributed by atoms with van der Waals surface area (Å²) >= 11 is 1.62. The van der Waals surface area contributed by atoms with E-state index in [1.807, 2.05) is 12.1 Å². The number of rotatable bonds is 8. The van der Waals surface area contributed by atoms with Crippen LogP contribution in [0.4, 0.5) is 0 Å². The molecule has 0 radical (unpaired) electrons. The maximum Gasteiger partial charge on any atom is 0.217 e. The van der Waals surface area contributed by atoms with Gasteiger partial charge in [-0.25, -0.2) is 0 Å². The van der Waals surface area contributed by atoms with Crippen molar-refractivity contribution in [1.82, 2.24) is 19.7 Å². The topological polar surface area (TPSA) is 95.9 Å². The fourth-order valence-electron chi connectivity index (χ4n) is 4.24. The lowest BCUT2D eigenvalue weighted by atomic mass is 10.0. The minimum atomic E-state index is -0.335. The molecule has 1 atom stereocenters. The predicted octanol–water partition coefficient (Wildman–Crippen LogP) is 3.87. The van der Waals surface area contributed by atoms with Crippen LogP contribution in [0.1, 0.15) is 30.8 Å². The highest BCUT2D eigenvalue weighted by atomic mass is 32.2. The average molecular weight is 448 g/mol. The Morgan fingerprint density at radius 2 is 1.88 bits per heavy atom. The van der Waals surface area contributed by atoms with Gasteiger partial charge in [-0.15, -0.1) is 10.2 Å². The highest BCUT2D eigenvalue weighted by molar-refractivity contribution is 7.98. The van der Waals surface area contributed by atoms with Gasteiger partial charge in [-0.05, 0) is 24.3 Å². The molecule has 8 heteroatoms. The summed E-state index contributed by atoms with van der Waals surface area (Å²) in [6.45, 7) is 1.48. The molecule has 1 amide bonds. The molecular formula is C24H25N5O2S. The number of fused-ring (bicyclic) bond motifs is 3. The summed E-state index contributed by atoms with van der Waals surface area (Å²) in [5.41, 5.74) is 7.37. The normalized spacial score (nSPS) is 16.2. The lowest BCUT2D eigenvalue weighted by molar-refractivity contribution is -0.118. The molecule has 2 aromatic carbocycles. The van der Waals surface area contributed by atoms with E-state index in [4.69, 9.17) is 15.5 Å². The van der Waals surface area contributed by atoms with Gasteiger partial charge in [0.1, 0.15) is 5.82 Å². The first-order chi connectivity index (χ1) is 15.7. The summed E-state index contributed by atoms with van der Waals surface area (Å²) in [6, 6.07) is 16.6. The van der Waals surface area contributed by atoms with Crippen molar-refractivity contribution in [2.24, 2.45) is 5.73 Å². The quantitative estimate of drug-likeness (QED) is 0.325. The zero-order chi connectivity index (χ0) is 21.9. The molecule has 2 N–H and O–H groups in total. The Labute approximate surface area is 190 Å². The number of nitrogens with zero attached hydrogens (tertiary/aromatic N) is 4. The van der Waals surface area contributed by atoms with Crippen molar-refractivity contribution >= 4 is 39.3 Å². The molecule has 1 aliphatic heterocycles. The minimum Gasteiger partial charge on any atom is -0.376 e. The largest absolute Gasteiger partial charge is 0.376 e. The van der Waals surface area contributed by atoms with Crippen molar-refractivity contribution < 1.29 is 9.53 Å².